The SMILES string of the molecule is COC1(OOC2CCC(c3cccc(OCCCN)c3)CC2)C2CC3CC(C2)CC1C3. The zero-order chi connectivity index (χ0) is 21.3. The Morgan fingerprint density at radius 1 is 0.968 bits per heavy atom. The molecule has 6 rings (SSSR count). The number of benzene rings is 1. The highest BCUT2D eigenvalue weighted by Crippen LogP contribution is 2.60. The van der Waals surface area contributed by atoms with E-state index in [1.165, 1.54) is 37.7 Å². The summed E-state index contributed by atoms with van der Waals surface area (Å²) >= 11 is 0. The second-order valence-electron chi connectivity index (χ2n) is 10.4. The number of hydrogen-bond donors (Lipinski definition) is 1. The van der Waals surface area contributed by atoms with Gasteiger partial charge >= 0.3 is 0 Å². The predicted octanol–water partition coefficient (Wildman–Crippen LogP) is 5.19. The van der Waals surface area contributed by atoms with E-state index in [9.17, 15) is 0 Å². The lowest BCUT2D eigenvalue weighted by Crippen LogP contribution is -2.60. The Hall–Kier alpha value is -1.14. The third kappa shape index (κ3) is 4.39. The number of ether oxygens (including phenoxy) is 2. The lowest BCUT2D eigenvalue weighted by Gasteiger charge is -2.58. The summed E-state index contributed by atoms with van der Waals surface area (Å²) < 4.78 is 11.9. The molecule has 5 aliphatic rings. The van der Waals surface area contributed by atoms with E-state index in [2.05, 4.69) is 18.2 Å². The molecule has 0 amide bonds. The predicted molar refractivity (Wildman–Crippen MR) is 120 cm³/mol. The summed E-state index contributed by atoms with van der Waals surface area (Å²) in [5.41, 5.74) is 6.94. The fourth-order valence-electron chi connectivity index (χ4n) is 7.11. The highest BCUT2D eigenvalue weighted by Gasteiger charge is 2.60. The fourth-order valence-corrected chi connectivity index (χ4v) is 7.11. The summed E-state index contributed by atoms with van der Waals surface area (Å²) in [6.45, 7) is 1.35. The quantitative estimate of drug-likeness (QED) is 0.253. The lowest BCUT2D eigenvalue weighted by atomic mass is 9.53. The average Bonchev–Trinajstić information content (AvgIpc) is 2.80. The van der Waals surface area contributed by atoms with Crippen LogP contribution in [0.25, 0.3) is 0 Å². The van der Waals surface area contributed by atoms with Crippen LogP contribution in [0.1, 0.15) is 75.7 Å². The zero-order valence-electron chi connectivity index (χ0n) is 19.0. The van der Waals surface area contributed by atoms with Crippen LogP contribution in [-0.4, -0.2) is 32.2 Å². The van der Waals surface area contributed by atoms with Crippen LogP contribution in [0.4, 0.5) is 0 Å². The first-order valence-electron chi connectivity index (χ1n) is 12.5. The van der Waals surface area contributed by atoms with E-state index < -0.39 is 5.79 Å². The van der Waals surface area contributed by atoms with Gasteiger partial charge in [-0.05, 0) is 106 Å². The largest absolute Gasteiger partial charge is 0.494 e. The normalized spacial score (nSPS) is 39.0. The first-order chi connectivity index (χ1) is 15.2. The van der Waals surface area contributed by atoms with Crippen molar-refractivity contribution in [2.75, 3.05) is 20.3 Å². The van der Waals surface area contributed by atoms with Gasteiger partial charge in [-0.15, -0.1) is 0 Å². The van der Waals surface area contributed by atoms with Crippen molar-refractivity contribution in [3.05, 3.63) is 29.8 Å². The van der Waals surface area contributed by atoms with E-state index in [0.29, 0.717) is 30.9 Å². The summed E-state index contributed by atoms with van der Waals surface area (Å²) in [4.78, 5) is 12.4. The molecule has 0 radical (unpaired) electrons. The Morgan fingerprint density at radius 2 is 1.68 bits per heavy atom. The molecule has 5 aliphatic carbocycles. The molecule has 1 aromatic carbocycles. The second kappa shape index (κ2) is 9.38. The van der Waals surface area contributed by atoms with Crippen LogP contribution in [-0.2, 0) is 14.5 Å². The zero-order valence-corrected chi connectivity index (χ0v) is 19.0. The third-order valence-corrected chi connectivity index (χ3v) is 8.53. The van der Waals surface area contributed by atoms with Gasteiger partial charge in [0.2, 0.25) is 5.79 Å². The minimum absolute atomic E-state index is 0.171. The monoisotopic (exact) mass is 429 g/mol. The van der Waals surface area contributed by atoms with Gasteiger partial charge in [0.05, 0.1) is 12.7 Å². The van der Waals surface area contributed by atoms with Gasteiger partial charge in [0.15, 0.2) is 0 Å². The Bertz CT molecular complexity index is 702. The van der Waals surface area contributed by atoms with E-state index in [1.54, 1.807) is 0 Å². The van der Waals surface area contributed by atoms with Crippen molar-refractivity contribution in [1.29, 1.82) is 0 Å². The van der Waals surface area contributed by atoms with Crippen molar-refractivity contribution in [2.45, 2.75) is 82.0 Å². The fraction of sp³-hybridized carbons (Fsp3) is 0.769. The van der Waals surface area contributed by atoms with Crippen molar-refractivity contribution < 1.29 is 19.2 Å². The van der Waals surface area contributed by atoms with Crippen molar-refractivity contribution >= 4 is 0 Å². The maximum absolute atomic E-state index is 6.26. The molecule has 0 saturated heterocycles. The molecule has 5 fully saturated rings. The van der Waals surface area contributed by atoms with E-state index in [-0.39, 0.29) is 6.10 Å². The van der Waals surface area contributed by atoms with Crippen molar-refractivity contribution in [2.24, 2.45) is 29.4 Å². The van der Waals surface area contributed by atoms with Gasteiger partial charge in [-0.2, -0.15) is 0 Å². The molecule has 5 nitrogen and oxygen atoms in total. The van der Waals surface area contributed by atoms with Crippen LogP contribution >= 0.6 is 0 Å². The molecule has 5 heteroatoms. The number of methoxy groups -OCH3 is 1. The van der Waals surface area contributed by atoms with Crippen molar-refractivity contribution in [3.63, 3.8) is 0 Å². The summed E-state index contributed by atoms with van der Waals surface area (Å²) in [5.74, 6) is 3.81. The Balaban J connectivity index is 1.13. The Labute approximate surface area is 186 Å². The highest BCUT2D eigenvalue weighted by atomic mass is 17.2. The van der Waals surface area contributed by atoms with E-state index in [1.807, 2.05) is 13.2 Å². The van der Waals surface area contributed by atoms with Crippen LogP contribution in [0.15, 0.2) is 24.3 Å². The van der Waals surface area contributed by atoms with Gasteiger partial charge in [-0.1, -0.05) is 12.1 Å². The minimum Gasteiger partial charge on any atom is -0.494 e. The molecule has 2 N–H and O–H groups in total. The van der Waals surface area contributed by atoms with Gasteiger partial charge in [0.25, 0.3) is 0 Å². The smallest absolute Gasteiger partial charge is 0.207 e. The highest BCUT2D eigenvalue weighted by molar-refractivity contribution is 5.31. The maximum Gasteiger partial charge on any atom is 0.207 e. The van der Waals surface area contributed by atoms with E-state index in [0.717, 1.165) is 49.7 Å². The molecule has 172 valence electrons. The molecule has 0 unspecified atom stereocenters. The van der Waals surface area contributed by atoms with Gasteiger partial charge in [-0.3, -0.25) is 0 Å². The molecule has 0 spiro atoms. The van der Waals surface area contributed by atoms with Gasteiger partial charge in [-0.25, -0.2) is 9.78 Å². The average molecular weight is 430 g/mol. The first-order valence-corrected chi connectivity index (χ1v) is 12.5. The molecule has 0 atom stereocenters. The minimum atomic E-state index is -0.501. The molecule has 1 aromatic rings. The standard InChI is InChI=1S/C26H39NO4/c1-28-26(22-13-18-12-19(15-22)16-23(26)14-18)31-30-24-8-6-20(7-9-24)21-4-2-5-25(17-21)29-11-3-10-27/h2,4-5,17-20,22-24H,3,6-16,27H2,1H3. The Morgan fingerprint density at radius 3 is 2.32 bits per heavy atom. The molecular formula is C26H39NO4. The second-order valence-corrected chi connectivity index (χ2v) is 10.4. The van der Waals surface area contributed by atoms with E-state index >= 15 is 0 Å². The van der Waals surface area contributed by atoms with Crippen LogP contribution in [0.2, 0.25) is 0 Å². The summed E-state index contributed by atoms with van der Waals surface area (Å²) in [6.07, 6.45) is 11.8. The van der Waals surface area contributed by atoms with Crippen LogP contribution in [0.5, 0.6) is 5.75 Å². The van der Waals surface area contributed by atoms with Crippen LogP contribution in [0, 0.1) is 23.7 Å². The van der Waals surface area contributed by atoms with Gasteiger partial charge in [0, 0.05) is 18.9 Å². The van der Waals surface area contributed by atoms with Crippen LogP contribution in [0.3, 0.4) is 0 Å². The molecule has 0 aliphatic heterocycles. The molecule has 5 saturated carbocycles. The van der Waals surface area contributed by atoms with Crippen molar-refractivity contribution in [3.8, 4) is 5.75 Å². The maximum atomic E-state index is 6.26. The first kappa shape index (κ1) is 21.7. The molecule has 4 bridgehead atoms. The molecule has 0 heterocycles. The molecule has 0 aromatic heterocycles. The van der Waals surface area contributed by atoms with Crippen LogP contribution < -0.4 is 10.5 Å². The molecular weight excluding hydrogens is 390 g/mol. The summed E-state index contributed by atoms with van der Waals surface area (Å²) in [7, 11) is 1.82. The van der Waals surface area contributed by atoms with Gasteiger partial charge < -0.3 is 15.2 Å². The van der Waals surface area contributed by atoms with E-state index in [4.69, 9.17) is 25.0 Å². The topological polar surface area (TPSA) is 62.9 Å². The Kier molecular flexibility index (Phi) is 6.57. The number of rotatable bonds is 9. The number of nitrogens with two attached hydrogens (primary N) is 1. The summed E-state index contributed by atoms with van der Waals surface area (Å²) in [5, 5.41) is 0. The van der Waals surface area contributed by atoms with Gasteiger partial charge in [0.1, 0.15) is 5.75 Å². The molecule has 31 heavy (non-hydrogen) atoms. The number of hydrogen-bond acceptors (Lipinski definition) is 5. The van der Waals surface area contributed by atoms with Crippen molar-refractivity contribution in [1.82, 2.24) is 0 Å². The third-order valence-electron chi connectivity index (χ3n) is 8.53. The summed E-state index contributed by atoms with van der Waals surface area (Å²) in [6, 6.07) is 8.57. The lowest BCUT2D eigenvalue weighted by molar-refractivity contribution is -0.485.